The number of carbonyl (C=O) groups excluding carboxylic acids is 2. The molecule has 0 spiro atoms. The third kappa shape index (κ3) is 5.46. The van der Waals surface area contributed by atoms with Crippen LogP contribution < -0.4 is 10.1 Å². The molecule has 1 atom stereocenters. The normalized spacial score (nSPS) is 17.0. The highest BCUT2D eigenvalue weighted by Gasteiger charge is 2.37. The van der Waals surface area contributed by atoms with E-state index in [2.05, 4.69) is 5.32 Å². The van der Waals surface area contributed by atoms with Crippen LogP contribution in [0.3, 0.4) is 0 Å². The number of nitrogens with zero attached hydrogens (tertiary/aromatic N) is 1. The number of hydrogen-bond donors (Lipinski definition) is 1. The molecule has 1 unspecified atom stereocenters. The standard InChI is InChI=1S/C18H13Cl3N2O4S2/c1-23-15(25)13(29-17(23)28)9-10-4-6-11(7-5-10)27-16(18(19,20)21)22-14(24)12-3-2-8-26-12/h2-9,16H,1H3,(H,22,24). The molecule has 1 aromatic heterocycles. The predicted octanol–water partition coefficient (Wildman–Crippen LogP) is 4.62. The molecule has 1 aliphatic rings. The van der Waals surface area contributed by atoms with Crippen LogP contribution in [0.25, 0.3) is 6.08 Å². The Balaban J connectivity index is 1.72. The number of thiocarbonyl (C=S) groups is 1. The van der Waals surface area contributed by atoms with E-state index in [1.54, 1.807) is 43.5 Å². The summed E-state index contributed by atoms with van der Waals surface area (Å²) in [7, 11) is 1.63. The number of rotatable bonds is 5. The van der Waals surface area contributed by atoms with Gasteiger partial charge in [0, 0.05) is 7.05 Å². The van der Waals surface area contributed by atoms with E-state index in [0.717, 1.165) is 5.56 Å². The molecule has 1 N–H and O–H groups in total. The minimum absolute atomic E-state index is 0.0523. The summed E-state index contributed by atoms with van der Waals surface area (Å²) in [6.45, 7) is 0. The van der Waals surface area contributed by atoms with Gasteiger partial charge in [-0.05, 0) is 35.9 Å². The number of carbonyl (C=O) groups is 2. The Morgan fingerprint density at radius 2 is 2.00 bits per heavy atom. The van der Waals surface area contributed by atoms with E-state index in [9.17, 15) is 9.59 Å². The lowest BCUT2D eigenvalue weighted by Crippen LogP contribution is -2.47. The van der Waals surface area contributed by atoms with Crippen molar-refractivity contribution in [2.24, 2.45) is 0 Å². The lowest BCUT2D eigenvalue weighted by atomic mass is 10.2. The number of halogens is 3. The Labute approximate surface area is 191 Å². The topological polar surface area (TPSA) is 71.8 Å². The van der Waals surface area contributed by atoms with E-state index in [4.69, 9.17) is 56.2 Å². The van der Waals surface area contributed by atoms with E-state index in [0.29, 0.717) is 15.0 Å². The van der Waals surface area contributed by atoms with Gasteiger partial charge in [0.25, 0.3) is 11.8 Å². The Bertz CT molecular complexity index is 956. The first-order chi connectivity index (χ1) is 13.6. The molecule has 2 heterocycles. The van der Waals surface area contributed by atoms with Crippen molar-refractivity contribution in [2.45, 2.75) is 10.0 Å². The zero-order valence-corrected chi connectivity index (χ0v) is 18.6. The van der Waals surface area contributed by atoms with Crippen molar-refractivity contribution in [3.63, 3.8) is 0 Å². The van der Waals surface area contributed by atoms with Crippen molar-refractivity contribution in [1.82, 2.24) is 10.2 Å². The van der Waals surface area contributed by atoms with Gasteiger partial charge in [-0.2, -0.15) is 0 Å². The minimum Gasteiger partial charge on any atom is -0.466 e. The van der Waals surface area contributed by atoms with Crippen molar-refractivity contribution in [3.05, 3.63) is 58.9 Å². The summed E-state index contributed by atoms with van der Waals surface area (Å²) in [4.78, 5) is 26.2. The second-order valence-electron chi connectivity index (χ2n) is 5.80. The zero-order chi connectivity index (χ0) is 21.2. The van der Waals surface area contributed by atoms with Crippen molar-refractivity contribution in [2.75, 3.05) is 7.05 Å². The molecule has 1 aromatic carbocycles. The number of furan rings is 1. The van der Waals surface area contributed by atoms with Crippen LogP contribution >= 0.6 is 58.8 Å². The molecule has 2 aromatic rings. The smallest absolute Gasteiger partial charge is 0.289 e. The third-order valence-corrected chi connectivity index (χ3v) is 5.80. The molecule has 1 fully saturated rings. The van der Waals surface area contributed by atoms with Gasteiger partial charge in [0.15, 0.2) is 5.76 Å². The number of alkyl halides is 3. The summed E-state index contributed by atoms with van der Waals surface area (Å²) >= 11 is 24.1. The molecule has 2 amide bonds. The molecule has 29 heavy (non-hydrogen) atoms. The molecule has 11 heteroatoms. The summed E-state index contributed by atoms with van der Waals surface area (Å²) in [6, 6.07) is 9.73. The van der Waals surface area contributed by atoms with Gasteiger partial charge in [-0.25, -0.2) is 0 Å². The fourth-order valence-electron chi connectivity index (χ4n) is 2.25. The highest BCUT2D eigenvalue weighted by Crippen LogP contribution is 2.33. The lowest BCUT2D eigenvalue weighted by Gasteiger charge is -2.26. The molecule has 0 saturated carbocycles. The SMILES string of the molecule is CN1C(=O)C(=Cc2ccc(OC(NC(=O)c3ccco3)C(Cl)(Cl)Cl)cc2)SC1=S. The molecule has 152 valence electrons. The lowest BCUT2D eigenvalue weighted by molar-refractivity contribution is -0.121. The van der Waals surface area contributed by atoms with Crippen molar-refractivity contribution in [3.8, 4) is 5.75 Å². The van der Waals surface area contributed by atoms with Crippen LogP contribution in [0.4, 0.5) is 0 Å². The summed E-state index contributed by atoms with van der Waals surface area (Å²) in [6.07, 6.45) is 1.80. The number of amides is 2. The monoisotopic (exact) mass is 490 g/mol. The Morgan fingerprint density at radius 3 is 2.52 bits per heavy atom. The second kappa shape index (κ2) is 8.97. The average Bonchev–Trinajstić information content (AvgIpc) is 3.28. The molecule has 6 nitrogen and oxygen atoms in total. The van der Waals surface area contributed by atoms with Crippen LogP contribution in [0.5, 0.6) is 5.75 Å². The van der Waals surface area contributed by atoms with Crippen molar-refractivity contribution >= 4 is 81.0 Å². The Hall–Kier alpha value is -1.71. The van der Waals surface area contributed by atoms with Gasteiger partial charge in [-0.1, -0.05) is 70.9 Å². The summed E-state index contributed by atoms with van der Waals surface area (Å²) in [5.74, 6) is -0.348. The molecule has 1 saturated heterocycles. The molecule has 0 aliphatic carbocycles. The first kappa shape index (κ1) is 22.0. The Kier molecular flexibility index (Phi) is 6.80. The van der Waals surface area contributed by atoms with Crippen molar-refractivity contribution in [1.29, 1.82) is 0 Å². The molecule has 1 aliphatic heterocycles. The van der Waals surface area contributed by atoms with Gasteiger partial charge in [-0.15, -0.1) is 0 Å². The molecular formula is C18H13Cl3N2O4S2. The van der Waals surface area contributed by atoms with Crippen molar-refractivity contribution < 1.29 is 18.7 Å². The van der Waals surface area contributed by atoms with Crippen LogP contribution in [0.1, 0.15) is 16.1 Å². The average molecular weight is 492 g/mol. The Morgan fingerprint density at radius 1 is 1.31 bits per heavy atom. The first-order valence-electron chi connectivity index (χ1n) is 8.04. The van der Waals surface area contributed by atoms with Crippen LogP contribution in [0.15, 0.2) is 52.0 Å². The van der Waals surface area contributed by atoms with Gasteiger partial charge in [0.05, 0.1) is 11.2 Å². The maximum absolute atomic E-state index is 12.2. The van der Waals surface area contributed by atoms with Gasteiger partial charge in [0.2, 0.25) is 10.0 Å². The van der Waals surface area contributed by atoms with Crippen LogP contribution in [-0.2, 0) is 4.79 Å². The molecular weight excluding hydrogens is 479 g/mol. The zero-order valence-electron chi connectivity index (χ0n) is 14.7. The van der Waals surface area contributed by atoms with Gasteiger partial charge < -0.3 is 14.5 Å². The quantitative estimate of drug-likeness (QED) is 0.285. The number of ether oxygens (including phenoxy) is 1. The predicted molar refractivity (Wildman–Crippen MR) is 118 cm³/mol. The van der Waals surface area contributed by atoms with Gasteiger partial charge >= 0.3 is 0 Å². The largest absolute Gasteiger partial charge is 0.466 e. The van der Waals surface area contributed by atoms with E-state index in [1.807, 2.05) is 0 Å². The van der Waals surface area contributed by atoms with Gasteiger partial charge in [-0.3, -0.25) is 14.5 Å². The second-order valence-corrected chi connectivity index (χ2v) is 9.84. The van der Waals surface area contributed by atoms with E-state index < -0.39 is 15.9 Å². The minimum atomic E-state index is -1.93. The fraction of sp³-hybridized carbons (Fsp3) is 0.167. The van der Waals surface area contributed by atoms with E-state index >= 15 is 0 Å². The number of thioether (sulfide) groups is 1. The summed E-state index contributed by atoms with van der Waals surface area (Å²) in [5.41, 5.74) is 0.761. The first-order valence-corrected chi connectivity index (χ1v) is 10.4. The van der Waals surface area contributed by atoms with E-state index in [1.165, 1.54) is 29.0 Å². The van der Waals surface area contributed by atoms with E-state index in [-0.39, 0.29) is 11.7 Å². The van der Waals surface area contributed by atoms with Crippen LogP contribution in [0.2, 0.25) is 0 Å². The van der Waals surface area contributed by atoms with Crippen LogP contribution in [-0.4, -0.2) is 38.1 Å². The maximum atomic E-state index is 12.2. The number of likely N-dealkylation sites (N-methyl/N-ethyl adjacent to an activating group) is 1. The highest BCUT2D eigenvalue weighted by molar-refractivity contribution is 8.26. The summed E-state index contributed by atoms with van der Waals surface area (Å²) < 4.78 is 9.22. The summed E-state index contributed by atoms with van der Waals surface area (Å²) in [5, 5.41) is 2.47. The number of benzene rings is 1. The molecule has 3 rings (SSSR count). The fourth-order valence-corrected chi connectivity index (χ4v) is 3.73. The van der Waals surface area contributed by atoms with Gasteiger partial charge in [0.1, 0.15) is 10.1 Å². The van der Waals surface area contributed by atoms with Crippen LogP contribution in [0, 0.1) is 0 Å². The maximum Gasteiger partial charge on any atom is 0.289 e. The molecule has 0 radical (unpaired) electrons. The number of hydrogen-bond acceptors (Lipinski definition) is 6. The third-order valence-electron chi connectivity index (χ3n) is 3.72. The number of nitrogens with one attached hydrogen (secondary N) is 1. The highest BCUT2D eigenvalue weighted by atomic mass is 35.6. The molecule has 0 bridgehead atoms.